The van der Waals surface area contributed by atoms with E-state index in [4.69, 9.17) is 4.74 Å². The van der Waals surface area contributed by atoms with Gasteiger partial charge in [-0.05, 0) is 26.4 Å². The van der Waals surface area contributed by atoms with Gasteiger partial charge in [0.2, 0.25) is 0 Å². The van der Waals surface area contributed by atoms with Gasteiger partial charge < -0.3 is 10.1 Å². The van der Waals surface area contributed by atoms with Crippen LogP contribution in [0.25, 0.3) is 0 Å². The molecule has 1 fully saturated rings. The van der Waals surface area contributed by atoms with Crippen LogP contribution in [-0.2, 0) is 4.74 Å². The van der Waals surface area contributed by atoms with E-state index in [1.165, 1.54) is 25.8 Å². The first-order valence-corrected chi connectivity index (χ1v) is 5.83. The quantitative estimate of drug-likeness (QED) is 0.623. The maximum Gasteiger partial charge on any atom is 0.0593 e. The van der Waals surface area contributed by atoms with Crippen molar-refractivity contribution < 1.29 is 4.74 Å². The highest BCUT2D eigenvalue weighted by Gasteiger charge is 2.18. The lowest BCUT2D eigenvalue weighted by atomic mass is 10.2. The standard InChI is InChI=1S/C11H24N2O/c1-3-4-8-14-9-7-13(2)11-5-6-12-10-11/h11-12H,3-10H2,1-2H3. The fraction of sp³-hybridized carbons (Fsp3) is 1.00. The molecule has 1 N–H and O–H groups in total. The first-order chi connectivity index (χ1) is 6.84. The summed E-state index contributed by atoms with van der Waals surface area (Å²) < 4.78 is 5.54. The number of nitrogens with one attached hydrogen (secondary N) is 1. The molecule has 0 aliphatic carbocycles. The maximum absolute atomic E-state index is 5.54. The normalized spacial score (nSPS) is 22.1. The van der Waals surface area contributed by atoms with E-state index >= 15 is 0 Å². The zero-order chi connectivity index (χ0) is 10.2. The Labute approximate surface area is 87.8 Å². The molecule has 1 saturated heterocycles. The molecule has 0 aromatic heterocycles. The molecule has 0 aromatic rings. The van der Waals surface area contributed by atoms with Crippen molar-refractivity contribution in [3.8, 4) is 0 Å². The monoisotopic (exact) mass is 200 g/mol. The molecule has 0 saturated carbocycles. The second-order valence-corrected chi connectivity index (χ2v) is 4.09. The van der Waals surface area contributed by atoms with Crippen molar-refractivity contribution in [2.75, 3.05) is 39.9 Å². The van der Waals surface area contributed by atoms with Gasteiger partial charge >= 0.3 is 0 Å². The van der Waals surface area contributed by atoms with E-state index in [2.05, 4.69) is 24.2 Å². The van der Waals surface area contributed by atoms with Crippen LogP contribution in [0.1, 0.15) is 26.2 Å². The van der Waals surface area contributed by atoms with Crippen molar-refractivity contribution in [2.45, 2.75) is 32.2 Å². The van der Waals surface area contributed by atoms with E-state index in [1.807, 2.05) is 0 Å². The molecule has 14 heavy (non-hydrogen) atoms. The van der Waals surface area contributed by atoms with Crippen LogP contribution in [0.2, 0.25) is 0 Å². The van der Waals surface area contributed by atoms with Gasteiger partial charge in [-0.25, -0.2) is 0 Å². The summed E-state index contributed by atoms with van der Waals surface area (Å²) in [6.45, 7) is 7.38. The van der Waals surface area contributed by atoms with E-state index < -0.39 is 0 Å². The third-order valence-corrected chi connectivity index (χ3v) is 2.89. The van der Waals surface area contributed by atoms with Gasteiger partial charge in [-0.1, -0.05) is 13.3 Å². The van der Waals surface area contributed by atoms with Gasteiger partial charge in [-0.3, -0.25) is 4.90 Å². The molecular formula is C11H24N2O. The van der Waals surface area contributed by atoms with E-state index in [1.54, 1.807) is 0 Å². The van der Waals surface area contributed by atoms with Gasteiger partial charge in [0, 0.05) is 25.7 Å². The summed E-state index contributed by atoms with van der Waals surface area (Å²) in [4.78, 5) is 2.41. The minimum absolute atomic E-state index is 0.727. The average Bonchev–Trinajstić information content (AvgIpc) is 2.70. The smallest absolute Gasteiger partial charge is 0.0593 e. The first-order valence-electron chi connectivity index (χ1n) is 5.83. The van der Waals surface area contributed by atoms with Gasteiger partial charge in [0.15, 0.2) is 0 Å². The van der Waals surface area contributed by atoms with Crippen molar-refractivity contribution in [1.82, 2.24) is 10.2 Å². The minimum atomic E-state index is 0.727. The van der Waals surface area contributed by atoms with Gasteiger partial charge in [-0.2, -0.15) is 0 Å². The lowest BCUT2D eigenvalue weighted by Gasteiger charge is -2.23. The first kappa shape index (κ1) is 12.0. The number of unbranched alkanes of at least 4 members (excludes halogenated alkanes) is 1. The average molecular weight is 200 g/mol. The molecule has 84 valence electrons. The third kappa shape index (κ3) is 4.40. The Hall–Kier alpha value is -0.120. The second kappa shape index (κ2) is 7.21. The summed E-state index contributed by atoms with van der Waals surface area (Å²) in [7, 11) is 2.20. The van der Waals surface area contributed by atoms with Gasteiger partial charge in [0.05, 0.1) is 6.61 Å². The molecule has 1 atom stereocenters. The summed E-state index contributed by atoms with van der Waals surface area (Å²) >= 11 is 0. The zero-order valence-electron chi connectivity index (χ0n) is 9.59. The van der Waals surface area contributed by atoms with Gasteiger partial charge in [0.1, 0.15) is 0 Å². The Balaban J connectivity index is 1.94. The Morgan fingerprint density at radius 3 is 2.93 bits per heavy atom. The molecule has 3 nitrogen and oxygen atoms in total. The van der Waals surface area contributed by atoms with Crippen LogP contribution in [0.4, 0.5) is 0 Å². The third-order valence-electron chi connectivity index (χ3n) is 2.89. The molecular weight excluding hydrogens is 176 g/mol. The Bertz CT molecular complexity index is 135. The van der Waals surface area contributed by atoms with E-state index in [-0.39, 0.29) is 0 Å². The van der Waals surface area contributed by atoms with Gasteiger partial charge in [-0.15, -0.1) is 0 Å². The SMILES string of the molecule is CCCCOCCN(C)C1CCNC1. The molecule has 1 aliphatic heterocycles. The molecule has 1 heterocycles. The molecule has 3 heteroatoms. The second-order valence-electron chi connectivity index (χ2n) is 4.09. The molecule has 1 rings (SSSR count). The zero-order valence-corrected chi connectivity index (χ0v) is 9.59. The van der Waals surface area contributed by atoms with E-state index in [0.717, 1.165) is 32.3 Å². The maximum atomic E-state index is 5.54. The number of ether oxygens (including phenoxy) is 1. The largest absolute Gasteiger partial charge is 0.380 e. The molecule has 0 radical (unpaired) electrons. The van der Waals surface area contributed by atoms with E-state index in [9.17, 15) is 0 Å². The fourth-order valence-electron chi connectivity index (χ4n) is 1.76. The van der Waals surface area contributed by atoms with Crippen molar-refractivity contribution in [2.24, 2.45) is 0 Å². The van der Waals surface area contributed by atoms with E-state index in [0.29, 0.717) is 0 Å². The van der Waals surface area contributed by atoms with Crippen molar-refractivity contribution in [3.63, 3.8) is 0 Å². The molecule has 0 spiro atoms. The number of rotatable bonds is 7. The Kier molecular flexibility index (Phi) is 6.15. The molecule has 0 amide bonds. The predicted octanol–water partition coefficient (Wildman–Crippen LogP) is 1.10. The lowest BCUT2D eigenvalue weighted by molar-refractivity contribution is 0.0989. The summed E-state index contributed by atoms with van der Waals surface area (Å²) in [5.74, 6) is 0. The van der Waals surface area contributed by atoms with Crippen LogP contribution < -0.4 is 5.32 Å². The highest BCUT2D eigenvalue weighted by atomic mass is 16.5. The molecule has 1 aliphatic rings. The summed E-state index contributed by atoms with van der Waals surface area (Å²) in [6, 6.07) is 0.727. The number of hydrogen-bond donors (Lipinski definition) is 1. The minimum Gasteiger partial charge on any atom is -0.380 e. The topological polar surface area (TPSA) is 24.5 Å². The summed E-state index contributed by atoms with van der Waals surface area (Å²) in [5.41, 5.74) is 0. The summed E-state index contributed by atoms with van der Waals surface area (Å²) in [6.07, 6.45) is 3.70. The highest BCUT2D eigenvalue weighted by molar-refractivity contribution is 4.78. The highest BCUT2D eigenvalue weighted by Crippen LogP contribution is 2.05. The Morgan fingerprint density at radius 2 is 2.29 bits per heavy atom. The van der Waals surface area contributed by atoms with Crippen molar-refractivity contribution in [3.05, 3.63) is 0 Å². The van der Waals surface area contributed by atoms with Crippen LogP contribution >= 0.6 is 0 Å². The summed E-state index contributed by atoms with van der Waals surface area (Å²) in [5, 5.41) is 3.38. The fourth-order valence-corrected chi connectivity index (χ4v) is 1.76. The van der Waals surface area contributed by atoms with Crippen LogP contribution in [-0.4, -0.2) is 50.8 Å². The lowest BCUT2D eigenvalue weighted by Crippen LogP contribution is -2.35. The molecule has 0 bridgehead atoms. The Morgan fingerprint density at radius 1 is 1.43 bits per heavy atom. The van der Waals surface area contributed by atoms with Crippen LogP contribution in [0.15, 0.2) is 0 Å². The van der Waals surface area contributed by atoms with Crippen LogP contribution in [0.5, 0.6) is 0 Å². The van der Waals surface area contributed by atoms with Crippen LogP contribution in [0.3, 0.4) is 0 Å². The molecule has 0 aromatic carbocycles. The van der Waals surface area contributed by atoms with Gasteiger partial charge in [0.25, 0.3) is 0 Å². The van der Waals surface area contributed by atoms with Crippen LogP contribution in [0, 0.1) is 0 Å². The number of nitrogens with zero attached hydrogens (tertiary/aromatic N) is 1. The number of likely N-dealkylation sites (N-methyl/N-ethyl adjacent to an activating group) is 1. The predicted molar refractivity (Wildman–Crippen MR) is 59.6 cm³/mol. The number of hydrogen-bond acceptors (Lipinski definition) is 3. The molecule has 1 unspecified atom stereocenters. The van der Waals surface area contributed by atoms with Crippen molar-refractivity contribution >= 4 is 0 Å². The van der Waals surface area contributed by atoms with Crippen molar-refractivity contribution in [1.29, 1.82) is 0 Å².